The van der Waals surface area contributed by atoms with Crippen molar-refractivity contribution in [1.82, 2.24) is 14.8 Å². The smallest absolute Gasteiger partial charge is 0.319 e. The Bertz CT molecular complexity index is 671. The molecule has 1 aliphatic heterocycles. The van der Waals surface area contributed by atoms with Crippen molar-refractivity contribution < 1.29 is 14.3 Å². The summed E-state index contributed by atoms with van der Waals surface area (Å²) < 4.78 is 12.1. The number of aromatic nitrogens is 3. The van der Waals surface area contributed by atoms with Gasteiger partial charge in [-0.15, -0.1) is 10.2 Å². The molecule has 0 saturated carbocycles. The van der Waals surface area contributed by atoms with Crippen LogP contribution in [0.3, 0.4) is 0 Å². The van der Waals surface area contributed by atoms with E-state index >= 15 is 0 Å². The number of methoxy groups -OCH3 is 1. The third-order valence-electron chi connectivity index (χ3n) is 3.30. The van der Waals surface area contributed by atoms with Gasteiger partial charge in [-0.25, -0.2) is 0 Å². The standard InChI is InChI=1S/C14H15N3O3S/c1-17-12(9-4-3-5-10(8-9)19-2)15-16-14(17)21-11-6-7-20-13(11)18/h3-5,8,11H,6-7H2,1-2H3/t11-/m1/s1. The van der Waals surface area contributed by atoms with Crippen molar-refractivity contribution in [2.45, 2.75) is 16.8 Å². The highest BCUT2D eigenvalue weighted by Crippen LogP contribution is 2.30. The number of carbonyl (C=O) groups excluding carboxylic acids is 1. The van der Waals surface area contributed by atoms with Crippen molar-refractivity contribution in [3.63, 3.8) is 0 Å². The maximum atomic E-state index is 11.5. The van der Waals surface area contributed by atoms with E-state index < -0.39 is 0 Å². The minimum atomic E-state index is -0.189. The number of ether oxygens (including phenoxy) is 2. The van der Waals surface area contributed by atoms with Gasteiger partial charge in [-0.05, 0) is 12.1 Å². The molecule has 1 aromatic heterocycles. The molecule has 0 unspecified atom stereocenters. The molecule has 1 saturated heterocycles. The molecule has 6 nitrogen and oxygen atoms in total. The molecule has 1 atom stereocenters. The van der Waals surface area contributed by atoms with Crippen LogP contribution in [0.4, 0.5) is 0 Å². The van der Waals surface area contributed by atoms with Gasteiger partial charge in [-0.1, -0.05) is 23.9 Å². The predicted molar refractivity (Wildman–Crippen MR) is 78.2 cm³/mol. The first-order chi connectivity index (χ1) is 10.2. The van der Waals surface area contributed by atoms with E-state index in [0.29, 0.717) is 18.2 Å². The van der Waals surface area contributed by atoms with Gasteiger partial charge < -0.3 is 14.0 Å². The SMILES string of the molecule is COc1cccc(-c2nnc(S[C@@H]3CCOC3=O)n2C)c1. The van der Waals surface area contributed by atoms with E-state index in [9.17, 15) is 4.79 Å². The molecular formula is C14H15N3O3S. The molecule has 1 aromatic carbocycles. The molecule has 3 rings (SSSR count). The quantitative estimate of drug-likeness (QED) is 0.804. The number of benzene rings is 1. The van der Waals surface area contributed by atoms with Crippen molar-refractivity contribution in [3.05, 3.63) is 24.3 Å². The summed E-state index contributed by atoms with van der Waals surface area (Å²) in [6.07, 6.45) is 0.713. The van der Waals surface area contributed by atoms with Crippen LogP contribution in [0.2, 0.25) is 0 Å². The molecular weight excluding hydrogens is 290 g/mol. The molecule has 0 N–H and O–H groups in total. The van der Waals surface area contributed by atoms with Crippen LogP contribution >= 0.6 is 11.8 Å². The third kappa shape index (κ3) is 2.73. The highest BCUT2D eigenvalue weighted by molar-refractivity contribution is 8.00. The van der Waals surface area contributed by atoms with Gasteiger partial charge in [0.15, 0.2) is 11.0 Å². The minimum Gasteiger partial charge on any atom is -0.497 e. The van der Waals surface area contributed by atoms with Gasteiger partial charge in [0.05, 0.1) is 13.7 Å². The van der Waals surface area contributed by atoms with Gasteiger partial charge in [-0.2, -0.15) is 0 Å². The van der Waals surface area contributed by atoms with Crippen LogP contribution in [-0.4, -0.2) is 39.7 Å². The predicted octanol–water partition coefficient (Wildman–Crippen LogP) is 1.90. The first-order valence-electron chi connectivity index (χ1n) is 6.56. The van der Waals surface area contributed by atoms with Crippen LogP contribution < -0.4 is 4.74 Å². The van der Waals surface area contributed by atoms with E-state index in [-0.39, 0.29) is 11.2 Å². The van der Waals surface area contributed by atoms with Crippen molar-refractivity contribution in [1.29, 1.82) is 0 Å². The summed E-state index contributed by atoms with van der Waals surface area (Å²) in [5, 5.41) is 8.90. The van der Waals surface area contributed by atoms with Crippen molar-refractivity contribution >= 4 is 17.7 Å². The number of thioether (sulfide) groups is 1. The van der Waals surface area contributed by atoms with E-state index in [1.165, 1.54) is 11.8 Å². The average molecular weight is 305 g/mol. The zero-order valence-electron chi connectivity index (χ0n) is 11.8. The molecule has 21 heavy (non-hydrogen) atoms. The van der Waals surface area contributed by atoms with E-state index in [4.69, 9.17) is 9.47 Å². The second-order valence-electron chi connectivity index (χ2n) is 4.66. The molecule has 110 valence electrons. The topological polar surface area (TPSA) is 66.2 Å². The Labute approximate surface area is 126 Å². The van der Waals surface area contributed by atoms with Crippen molar-refractivity contribution in [3.8, 4) is 17.1 Å². The van der Waals surface area contributed by atoms with Gasteiger partial charge in [0.1, 0.15) is 11.0 Å². The summed E-state index contributed by atoms with van der Waals surface area (Å²) in [6, 6.07) is 7.64. The monoisotopic (exact) mass is 305 g/mol. The van der Waals surface area contributed by atoms with E-state index in [1.54, 1.807) is 7.11 Å². The van der Waals surface area contributed by atoms with Gasteiger partial charge >= 0.3 is 5.97 Å². The fourth-order valence-electron chi connectivity index (χ4n) is 2.14. The summed E-state index contributed by atoms with van der Waals surface area (Å²) in [4.78, 5) is 11.5. The zero-order valence-corrected chi connectivity index (χ0v) is 12.6. The third-order valence-corrected chi connectivity index (χ3v) is 4.58. The number of carbonyl (C=O) groups is 1. The molecule has 7 heteroatoms. The number of hydrogen-bond acceptors (Lipinski definition) is 6. The van der Waals surface area contributed by atoms with Crippen molar-refractivity contribution in [2.24, 2.45) is 7.05 Å². The molecule has 0 radical (unpaired) electrons. The minimum absolute atomic E-state index is 0.175. The number of esters is 1. The first kappa shape index (κ1) is 13.9. The second kappa shape index (κ2) is 5.77. The normalized spacial score (nSPS) is 17.8. The average Bonchev–Trinajstić information content (AvgIpc) is 3.07. The number of nitrogens with zero attached hydrogens (tertiary/aromatic N) is 3. The molecule has 2 aromatic rings. The lowest BCUT2D eigenvalue weighted by Crippen LogP contribution is -2.10. The Morgan fingerprint density at radius 2 is 2.29 bits per heavy atom. The van der Waals surface area contributed by atoms with E-state index in [2.05, 4.69) is 10.2 Å². The maximum absolute atomic E-state index is 11.5. The fourth-order valence-corrected chi connectivity index (χ4v) is 3.11. The zero-order chi connectivity index (χ0) is 14.8. The Morgan fingerprint density at radius 3 is 3.00 bits per heavy atom. The van der Waals surface area contributed by atoms with Gasteiger partial charge in [0.2, 0.25) is 0 Å². The number of hydrogen-bond donors (Lipinski definition) is 0. The Balaban J connectivity index is 1.86. The first-order valence-corrected chi connectivity index (χ1v) is 7.44. The molecule has 0 bridgehead atoms. The lowest BCUT2D eigenvalue weighted by atomic mass is 10.2. The van der Waals surface area contributed by atoms with Gasteiger partial charge in [0, 0.05) is 19.0 Å². The van der Waals surface area contributed by atoms with Crippen LogP contribution in [0.1, 0.15) is 6.42 Å². The lowest BCUT2D eigenvalue weighted by Gasteiger charge is -2.07. The molecule has 2 heterocycles. The van der Waals surface area contributed by atoms with Crippen molar-refractivity contribution in [2.75, 3.05) is 13.7 Å². The molecule has 0 aliphatic carbocycles. The second-order valence-corrected chi connectivity index (χ2v) is 5.83. The Hall–Kier alpha value is -2.02. The highest BCUT2D eigenvalue weighted by Gasteiger charge is 2.29. The Morgan fingerprint density at radius 1 is 1.43 bits per heavy atom. The molecule has 0 amide bonds. The van der Waals surface area contributed by atoms with Crippen LogP contribution in [0, 0.1) is 0 Å². The summed E-state index contributed by atoms with van der Waals surface area (Å²) in [5.74, 6) is 1.33. The van der Waals surface area contributed by atoms with Gasteiger partial charge in [0.25, 0.3) is 0 Å². The lowest BCUT2D eigenvalue weighted by molar-refractivity contribution is -0.137. The van der Waals surface area contributed by atoms with Crippen LogP contribution in [0.25, 0.3) is 11.4 Å². The summed E-state index contributed by atoms with van der Waals surface area (Å²) in [5.41, 5.74) is 0.921. The fraction of sp³-hybridized carbons (Fsp3) is 0.357. The maximum Gasteiger partial charge on any atom is 0.319 e. The molecule has 1 aliphatic rings. The summed E-state index contributed by atoms with van der Waals surface area (Å²) in [7, 11) is 3.51. The van der Waals surface area contributed by atoms with Gasteiger partial charge in [-0.3, -0.25) is 4.79 Å². The van der Waals surface area contributed by atoms with Crippen LogP contribution in [-0.2, 0) is 16.6 Å². The van der Waals surface area contributed by atoms with E-state index in [0.717, 1.165) is 17.1 Å². The number of cyclic esters (lactones) is 1. The molecule has 0 spiro atoms. The molecule has 1 fully saturated rings. The van der Waals surface area contributed by atoms with E-state index in [1.807, 2.05) is 35.9 Å². The van der Waals surface area contributed by atoms with Crippen LogP contribution in [0.5, 0.6) is 5.75 Å². The number of rotatable bonds is 4. The highest BCUT2D eigenvalue weighted by atomic mass is 32.2. The summed E-state index contributed by atoms with van der Waals surface area (Å²) in [6.45, 7) is 0.483. The Kier molecular flexibility index (Phi) is 3.83. The summed E-state index contributed by atoms with van der Waals surface area (Å²) >= 11 is 1.39. The van der Waals surface area contributed by atoms with Crippen LogP contribution in [0.15, 0.2) is 29.4 Å². The largest absolute Gasteiger partial charge is 0.497 e.